The number of nitrogens with one attached hydrogen (secondary N) is 2. The number of carbonyl (C=O) groups is 1. The van der Waals surface area contributed by atoms with Gasteiger partial charge in [0.25, 0.3) is 0 Å². The van der Waals surface area contributed by atoms with Crippen molar-refractivity contribution in [3.63, 3.8) is 0 Å². The molecule has 3 rings (SSSR count). The number of benzene rings is 3. The number of para-hydroxylation sites is 1. The summed E-state index contributed by atoms with van der Waals surface area (Å²) in [6.07, 6.45) is 0.288. The smallest absolute Gasteiger partial charge is 0.230 e. The molecule has 0 aromatic heterocycles. The minimum Gasteiger partial charge on any atom is -0.332 e. The molecule has 25 heavy (non-hydrogen) atoms. The highest BCUT2D eigenvalue weighted by Crippen LogP contribution is 2.20. The second-order valence-corrected chi connectivity index (χ2v) is 6.49. The number of carbonyl (C=O) groups excluding carboxylic acids is 1. The van der Waals surface area contributed by atoms with Gasteiger partial charge in [0.1, 0.15) is 0 Å². The first kappa shape index (κ1) is 17.1. The van der Waals surface area contributed by atoms with Crippen molar-refractivity contribution in [3.05, 3.63) is 77.4 Å². The van der Waals surface area contributed by atoms with Gasteiger partial charge in [0.15, 0.2) is 5.11 Å². The Balaban J connectivity index is 1.69. The zero-order valence-electron chi connectivity index (χ0n) is 14.3. The van der Waals surface area contributed by atoms with E-state index >= 15 is 0 Å². The molecule has 0 fully saturated rings. The molecule has 4 heteroatoms. The minimum atomic E-state index is -0.125. The molecule has 126 valence electrons. The molecule has 0 unspecified atom stereocenters. The fraction of sp³-hybridized carbons (Fsp3) is 0.143. The first-order chi connectivity index (χ1) is 12.0. The van der Waals surface area contributed by atoms with Gasteiger partial charge in [-0.15, -0.1) is 0 Å². The molecule has 0 bridgehead atoms. The second-order valence-electron chi connectivity index (χ2n) is 6.08. The van der Waals surface area contributed by atoms with Crippen LogP contribution in [-0.4, -0.2) is 11.0 Å². The SMILES string of the molecule is Cc1cccc(C)c1NC(=S)NC(=O)Cc1cccc2ccccc12. The van der Waals surface area contributed by atoms with Crippen LogP contribution in [0.3, 0.4) is 0 Å². The molecule has 2 N–H and O–H groups in total. The maximum atomic E-state index is 12.4. The maximum Gasteiger partial charge on any atom is 0.230 e. The highest BCUT2D eigenvalue weighted by molar-refractivity contribution is 7.80. The van der Waals surface area contributed by atoms with Crippen molar-refractivity contribution in [1.82, 2.24) is 5.32 Å². The molecular weight excluding hydrogens is 328 g/mol. The van der Waals surface area contributed by atoms with E-state index in [1.165, 1.54) is 0 Å². The lowest BCUT2D eigenvalue weighted by molar-refractivity contribution is -0.119. The lowest BCUT2D eigenvalue weighted by atomic mass is 10.0. The number of aryl methyl sites for hydroxylation is 2. The summed E-state index contributed by atoms with van der Waals surface area (Å²) in [4.78, 5) is 12.4. The van der Waals surface area contributed by atoms with E-state index in [1.54, 1.807) is 0 Å². The van der Waals surface area contributed by atoms with Gasteiger partial charge in [0.2, 0.25) is 5.91 Å². The van der Waals surface area contributed by atoms with E-state index in [1.807, 2.05) is 74.5 Å². The van der Waals surface area contributed by atoms with Crippen molar-refractivity contribution in [2.24, 2.45) is 0 Å². The lowest BCUT2D eigenvalue weighted by Gasteiger charge is -2.14. The number of rotatable bonds is 3. The minimum absolute atomic E-state index is 0.125. The van der Waals surface area contributed by atoms with E-state index in [9.17, 15) is 4.79 Å². The van der Waals surface area contributed by atoms with Crippen LogP contribution in [0.15, 0.2) is 60.7 Å². The van der Waals surface area contributed by atoms with Gasteiger partial charge < -0.3 is 10.6 Å². The summed E-state index contributed by atoms with van der Waals surface area (Å²) in [5.74, 6) is -0.125. The predicted molar refractivity (Wildman–Crippen MR) is 108 cm³/mol. The highest BCUT2D eigenvalue weighted by Gasteiger charge is 2.10. The molecule has 0 spiro atoms. The van der Waals surface area contributed by atoms with E-state index in [0.717, 1.165) is 33.2 Å². The Morgan fingerprint density at radius 1 is 0.920 bits per heavy atom. The van der Waals surface area contributed by atoms with Gasteiger partial charge in [-0.05, 0) is 53.5 Å². The maximum absolute atomic E-state index is 12.4. The molecule has 1 amide bonds. The number of thiocarbonyl (C=S) groups is 1. The van der Waals surface area contributed by atoms with Crippen LogP contribution < -0.4 is 10.6 Å². The topological polar surface area (TPSA) is 41.1 Å². The fourth-order valence-electron chi connectivity index (χ4n) is 2.95. The summed E-state index contributed by atoms with van der Waals surface area (Å²) in [5.41, 5.74) is 4.11. The Labute approximate surface area is 153 Å². The number of fused-ring (bicyclic) bond motifs is 1. The van der Waals surface area contributed by atoms with Crippen molar-refractivity contribution in [2.75, 3.05) is 5.32 Å². The molecule has 0 aliphatic carbocycles. The van der Waals surface area contributed by atoms with Crippen LogP contribution in [0, 0.1) is 13.8 Å². The van der Waals surface area contributed by atoms with E-state index in [0.29, 0.717) is 5.11 Å². The number of anilines is 1. The van der Waals surface area contributed by atoms with Crippen molar-refractivity contribution in [1.29, 1.82) is 0 Å². The summed E-state index contributed by atoms with van der Waals surface area (Å²) in [5, 5.41) is 8.45. The zero-order valence-corrected chi connectivity index (χ0v) is 15.1. The summed E-state index contributed by atoms with van der Waals surface area (Å²) in [6.45, 7) is 4.02. The molecule has 0 radical (unpaired) electrons. The Kier molecular flexibility index (Phi) is 5.10. The average molecular weight is 348 g/mol. The van der Waals surface area contributed by atoms with Crippen molar-refractivity contribution in [2.45, 2.75) is 20.3 Å². The Hall–Kier alpha value is -2.72. The Morgan fingerprint density at radius 2 is 1.56 bits per heavy atom. The van der Waals surface area contributed by atoms with Crippen LogP contribution >= 0.6 is 12.2 Å². The molecule has 3 aromatic carbocycles. The first-order valence-corrected chi connectivity index (χ1v) is 8.59. The zero-order chi connectivity index (χ0) is 17.8. The summed E-state index contributed by atoms with van der Waals surface area (Å²) < 4.78 is 0. The number of amides is 1. The molecule has 0 aliphatic heterocycles. The van der Waals surface area contributed by atoms with E-state index in [-0.39, 0.29) is 12.3 Å². The molecule has 0 atom stereocenters. The van der Waals surface area contributed by atoms with Crippen molar-refractivity contribution in [3.8, 4) is 0 Å². The second kappa shape index (κ2) is 7.45. The molecule has 0 saturated heterocycles. The van der Waals surface area contributed by atoms with Gasteiger partial charge in [-0.2, -0.15) is 0 Å². The lowest BCUT2D eigenvalue weighted by Crippen LogP contribution is -2.35. The Bertz CT molecular complexity index is 924. The summed E-state index contributed by atoms with van der Waals surface area (Å²) in [7, 11) is 0. The van der Waals surface area contributed by atoms with Crippen LogP contribution in [0.4, 0.5) is 5.69 Å². The van der Waals surface area contributed by atoms with Crippen molar-refractivity contribution < 1.29 is 4.79 Å². The third-order valence-corrected chi connectivity index (χ3v) is 4.41. The Morgan fingerprint density at radius 3 is 2.32 bits per heavy atom. The van der Waals surface area contributed by atoms with Crippen LogP contribution in [0.25, 0.3) is 10.8 Å². The van der Waals surface area contributed by atoms with E-state index in [2.05, 4.69) is 10.6 Å². The first-order valence-electron chi connectivity index (χ1n) is 8.18. The molecule has 0 saturated carbocycles. The van der Waals surface area contributed by atoms with Crippen LogP contribution in [-0.2, 0) is 11.2 Å². The van der Waals surface area contributed by atoms with E-state index in [4.69, 9.17) is 12.2 Å². The van der Waals surface area contributed by atoms with Gasteiger partial charge in [-0.1, -0.05) is 60.7 Å². The van der Waals surface area contributed by atoms with Gasteiger partial charge in [-0.25, -0.2) is 0 Å². The molecule has 3 nitrogen and oxygen atoms in total. The quantitative estimate of drug-likeness (QED) is 0.684. The molecule has 3 aromatic rings. The fourth-order valence-corrected chi connectivity index (χ4v) is 3.16. The van der Waals surface area contributed by atoms with Gasteiger partial charge in [0, 0.05) is 5.69 Å². The monoisotopic (exact) mass is 348 g/mol. The predicted octanol–water partition coefficient (Wildman–Crippen LogP) is 4.51. The summed E-state index contributed by atoms with van der Waals surface area (Å²) >= 11 is 5.30. The standard InChI is InChI=1S/C21H20N2OS/c1-14-7-5-8-15(2)20(14)23-21(25)22-19(24)13-17-11-6-10-16-9-3-4-12-18(16)17/h3-12H,13H2,1-2H3,(H2,22,23,24,25). The molecular formula is C21H20N2OS. The third kappa shape index (κ3) is 4.03. The number of hydrogen-bond donors (Lipinski definition) is 2. The molecule has 0 aliphatic rings. The largest absolute Gasteiger partial charge is 0.332 e. The normalized spacial score (nSPS) is 10.5. The van der Waals surface area contributed by atoms with Gasteiger partial charge in [0.05, 0.1) is 6.42 Å². The van der Waals surface area contributed by atoms with Gasteiger partial charge >= 0.3 is 0 Å². The van der Waals surface area contributed by atoms with Crippen molar-refractivity contribution >= 4 is 39.7 Å². The van der Waals surface area contributed by atoms with Crippen LogP contribution in [0.2, 0.25) is 0 Å². The summed E-state index contributed by atoms with van der Waals surface area (Å²) in [6, 6.07) is 20.1. The number of hydrogen-bond acceptors (Lipinski definition) is 2. The highest BCUT2D eigenvalue weighted by atomic mass is 32.1. The third-order valence-electron chi connectivity index (χ3n) is 4.20. The average Bonchev–Trinajstić information content (AvgIpc) is 2.58. The molecule has 0 heterocycles. The van der Waals surface area contributed by atoms with Crippen LogP contribution in [0.1, 0.15) is 16.7 Å². The van der Waals surface area contributed by atoms with Crippen LogP contribution in [0.5, 0.6) is 0 Å². The van der Waals surface area contributed by atoms with Gasteiger partial charge in [-0.3, -0.25) is 4.79 Å². The van der Waals surface area contributed by atoms with E-state index < -0.39 is 0 Å².